The predicted octanol–water partition coefficient (Wildman–Crippen LogP) is 17.1. The molecular weight excluding hydrogens is 1030 g/mol. The van der Waals surface area contributed by atoms with Crippen LogP contribution in [0.3, 0.4) is 0 Å². The molecule has 0 aromatic rings. The standard InChI is InChI=1S/C71H127NO10/c1-4-7-10-13-16-19-22-25-26-27-28-29-30-31-32-33-34-35-36-37-38-41-44-47-50-53-56-59-66(76)82-69-68(78)67(77)65(60-73)81-71(69)80-61-62(63(74)57-54-51-48-45-42-39-23-20-17-14-11-8-5-2)72-70(79)64(75)58-55-52-49-46-43-40-24-21-18-15-12-9-6-3/h9,12,16,18-19,21,25-26,40,43,54,57,62-65,67-69,71,73-75,77-78H,4-8,10-11,13-15,17,20,22-24,27-39,41-42,44-53,55-56,58-61H2,1-3H3,(H,72,79)/b12-9+,19-16-,21-18+,26-25-,43-40+,57-54+. The quantitative estimate of drug-likeness (QED) is 0.0195. The number of aliphatic hydroxyl groups excluding tert-OH is 5. The van der Waals surface area contributed by atoms with Crippen LogP contribution in [-0.2, 0) is 23.8 Å². The fraction of sp³-hybridized carbons (Fsp3) is 0.803. The van der Waals surface area contributed by atoms with Crippen molar-refractivity contribution in [3.05, 3.63) is 72.9 Å². The summed E-state index contributed by atoms with van der Waals surface area (Å²) in [5.41, 5.74) is 0. The molecule has 0 bridgehead atoms. The molecule has 1 aliphatic heterocycles. The number of carbonyl (C=O) groups is 2. The van der Waals surface area contributed by atoms with E-state index in [0.29, 0.717) is 12.8 Å². The van der Waals surface area contributed by atoms with Crippen molar-refractivity contribution in [1.29, 1.82) is 0 Å². The van der Waals surface area contributed by atoms with Crippen LogP contribution < -0.4 is 5.32 Å². The molecule has 1 heterocycles. The lowest BCUT2D eigenvalue weighted by Gasteiger charge is -2.41. The average Bonchev–Trinajstić information content (AvgIpc) is 3.45. The smallest absolute Gasteiger partial charge is 0.306 e. The molecular formula is C71H127NO10. The highest BCUT2D eigenvalue weighted by Crippen LogP contribution is 2.26. The van der Waals surface area contributed by atoms with Crippen LogP contribution in [0.2, 0.25) is 0 Å². The summed E-state index contributed by atoms with van der Waals surface area (Å²) in [6.07, 6.45) is 65.3. The Labute approximate surface area is 502 Å². The molecule has 1 aliphatic rings. The van der Waals surface area contributed by atoms with Crippen molar-refractivity contribution < 1.29 is 49.3 Å². The van der Waals surface area contributed by atoms with Gasteiger partial charge in [0.15, 0.2) is 12.4 Å². The Morgan fingerprint density at radius 3 is 1.34 bits per heavy atom. The lowest BCUT2D eigenvalue weighted by Crippen LogP contribution is -2.61. The zero-order valence-electron chi connectivity index (χ0n) is 52.9. The van der Waals surface area contributed by atoms with E-state index in [0.717, 1.165) is 83.5 Å². The second-order valence-corrected chi connectivity index (χ2v) is 23.5. The first kappa shape index (κ1) is 77.1. The van der Waals surface area contributed by atoms with Gasteiger partial charge in [-0.05, 0) is 89.9 Å². The van der Waals surface area contributed by atoms with E-state index >= 15 is 0 Å². The van der Waals surface area contributed by atoms with Gasteiger partial charge >= 0.3 is 5.97 Å². The Bertz CT molecular complexity index is 1610. The fourth-order valence-corrected chi connectivity index (χ4v) is 10.5. The van der Waals surface area contributed by atoms with Crippen LogP contribution >= 0.6 is 0 Å². The van der Waals surface area contributed by atoms with Gasteiger partial charge in [0.2, 0.25) is 5.91 Å². The Hall–Kier alpha value is -2.90. The SMILES string of the molecule is CC/C=C/C/C=C/C/C=C/CCCCCC(O)C(=O)NC(COC1OC(CO)C(O)C(O)C1OC(=O)CCCCCCCCCCCCCCCCCCC/C=C\C/C=C\CCCCC)C(O)/C=C/CCCCCCCCCCCCC. The minimum absolute atomic E-state index is 0.121. The number of amides is 1. The first-order valence-corrected chi connectivity index (χ1v) is 34.2. The zero-order chi connectivity index (χ0) is 59.6. The van der Waals surface area contributed by atoms with Crippen LogP contribution in [0.4, 0.5) is 0 Å². The van der Waals surface area contributed by atoms with Crippen molar-refractivity contribution in [2.24, 2.45) is 0 Å². The number of allylic oxidation sites excluding steroid dienone is 11. The van der Waals surface area contributed by atoms with Gasteiger partial charge in [0.05, 0.1) is 25.4 Å². The van der Waals surface area contributed by atoms with Crippen LogP contribution in [0.1, 0.15) is 303 Å². The summed E-state index contributed by atoms with van der Waals surface area (Å²) in [4.78, 5) is 26.6. The molecule has 11 nitrogen and oxygen atoms in total. The van der Waals surface area contributed by atoms with Gasteiger partial charge in [0.25, 0.3) is 0 Å². The van der Waals surface area contributed by atoms with Crippen LogP contribution in [0.15, 0.2) is 72.9 Å². The van der Waals surface area contributed by atoms with Gasteiger partial charge in [-0.1, -0.05) is 280 Å². The Balaban J connectivity index is 2.55. The highest BCUT2D eigenvalue weighted by molar-refractivity contribution is 5.80. The van der Waals surface area contributed by atoms with Crippen molar-refractivity contribution in [1.82, 2.24) is 5.32 Å². The number of rotatable bonds is 58. The number of hydrogen-bond donors (Lipinski definition) is 6. The number of hydrogen-bond acceptors (Lipinski definition) is 10. The third-order valence-electron chi connectivity index (χ3n) is 15.8. The van der Waals surface area contributed by atoms with Gasteiger partial charge in [-0.25, -0.2) is 0 Å². The van der Waals surface area contributed by atoms with Crippen molar-refractivity contribution >= 4 is 11.9 Å². The molecule has 0 aliphatic carbocycles. The van der Waals surface area contributed by atoms with Crippen molar-refractivity contribution in [3.8, 4) is 0 Å². The van der Waals surface area contributed by atoms with E-state index in [1.807, 2.05) is 6.08 Å². The van der Waals surface area contributed by atoms with Crippen LogP contribution in [0, 0.1) is 0 Å². The van der Waals surface area contributed by atoms with E-state index in [1.165, 1.54) is 173 Å². The topological polar surface area (TPSA) is 175 Å². The van der Waals surface area contributed by atoms with E-state index < -0.39 is 67.4 Å². The lowest BCUT2D eigenvalue weighted by atomic mass is 9.99. The van der Waals surface area contributed by atoms with Gasteiger partial charge in [0, 0.05) is 6.42 Å². The fourth-order valence-electron chi connectivity index (χ4n) is 10.5. The van der Waals surface area contributed by atoms with Gasteiger partial charge in [-0.2, -0.15) is 0 Å². The minimum Gasteiger partial charge on any atom is -0.454 e. The molecule has 0 aromatic heterocycles. The number of esters is 1. The molecule has 8 atom stereocenters. The summed E-state index contributed by atoms with van der Waals surface area (Å²) < 4.78 is 17.7. The molecule has 0 radical (unpaired) electrons. The minimum atomic E-state index is -1.62. The second kappa shape index (κ2) is 58.5. The molecule has 82 heavy (non-hydrogen) atoms. The monoisotopic (exact) mass is 1150 g/mol. The summed E-state index contributed by atoms with van der Waals surface area (Å²) in [6, 6.07) is -1.04. The highest BCUT2D eigenvalue weighted by atomic mass is 16.7. The maximum absolute atomic E-state index is 13.4. The summed E-state index contributed by atoms with van der Waals surface area (Å²) in [6.45, 7) is 5.66. The molecule has 0 saturated carbocycles. The maximum Gasteiger partial charge on any atom is 0.306 e. The zero-order valence-corrected chi connectivity index (χ0v) is 52.9. The van der Waals surface area contributed by atoms with Gasteiger partial charge < -0.3 is 45.1 Å². The number of aliphatic hydroxyl groups is 5. The predicted molar refractivity (Wildman–Crippen MR) is 343 cm³/mol. The van der Waals surface area contributed by atoms with E-state index in [-0.39, 0.29) is 19.4 Å². The van der Waals surface area contributed by atoms with Gasteiger partial charge in [-0.15, -0.1) is 0 Å². The molecule has 1 amide bonds. The summed E-state index contributed by atoms with van der Waals surface area (Å²) in [5.74, 6) is -1.21. The summed E-state index contributed by atoms with van der Waals surface area (Å²) in [7, 11) is 0. The average molecular weight is 1150 g/mol. The lowest BCUT2D eigenvalue weighted by molar-refractivity contribution is -0.305. The summed E-state index contributed by atoms with van der Waals surface area (Å²) in [5, 5.41) is 57.1. The van der Waals surface area contributed by atoms with E-state index in [9.17, 15) is 35.1 Å². The van der Waals surface area contributed by atoms with Gasteiger partial charge in [-0.3, -0.25) is 9.59 Å². The third-order valence-corrected chi connectivity index (χ3v) is 15.8. The van der Waals surface area contributed by atoms with Crippen LogP contribution in [-0.4, -0.2) is 99.6 Å². The van der Waals surface area contributed by atoms with Crippen LogP contribution in [0.25, 0.3) is 0 Å². The van der Waals surface area contributed by atoms with E-state index in [2.05, 4.69) is 86.8 Å². The molecule has 476 valence electrons. The molecule has 1 rings (SSSR count). The normalized spacial score (nSPS) is 19.0. The first-order chi connectivity index (χ1) is 40.2. The molecule has 0 aromatic carbocycles. The largest absolute Gasteiger partial charge is 0.454 e. The van der Waals surface area contributed by atoms with Gasteiger partial charge in [0.1, 0.15) is 24.4 Å². The van der Waals surface area contributed by atoms with Crippen LogP contribution in [0.5, 0.6) is 0 Å². The molecule has 1 saturated heterocycles. The second-order valence-electron chi connectivity index (χ2n) is 23.5. The molecule has 11 heteroatoms. The Morgan fingerprint density at radius 2 is 0.878 bits per heavy atom. The highest BCUT2D eigenvalue weighted by Gasteiger charge is 2.47. The molecule has 1 fully saturated rings. The van der Waals surface area contributed by atoms with E-state index in [4.69, 9.17) is 14.2 Å². The maximum atomic E-state index is 13.4. The molecule has 8 unspecified atom stereocenters. The van der Waals surface area contributed by atoms with E-state index in [1.54, 1.807) is 6.08 Å². The van der Waals surface area contributed by atoms with Crippen molar-refractivity contribution in [3.63, 3.8) is 0 Å². The Morgan fingerprint density at radius 1 is 0.488 bits per heavy atom. The Kier molecular flexibility index (Phi) is 55.0. The molecule has 0 spiro atoms. The van der Waals surface area contributed by atoms with Crippen molar-refractivity contribution in [2.75, 3.05) is 13.2 Å². The van der Waals surface area contributed by atoms with Crippen molar-refractivity contribution in [2.45, 2.75) is 352 Å². The summed E-state index contributed by atoms with van der Waals surface area (Å²) >= 11 is 0. The number of ether oxygens (including phenoxy) is 3. The third kappa shape index (κ3) is 45.5. The number of carbonyl (C=O) groups excluding carboxylic acids is 2. The molecule has 6 N–H and O–H groups in total. The number of nitrogens with one attached hydrogen (secondary N) is 1. The first-order valence-electron chi connectivity index (χ1n) is 34.2. The number of unbranched alkanes of at least 4 members (excludes halogenated alkanes) is 34.